The number of anilines is 2. The third-order valence-electron chi connectivity index (χ3n) is 5.93. The Morgan fingerprint density at radius 1 is 0.405 bits per heavy atom. The Morgan fingerprint density at radius 3 is 0.730 bits per heavy atom. The van der Waals surface area contributed by atoms with E-state index >= 15 is 0 Å². The first-order valence-corrected chi connectivity index (χ1v) is 15.9. The molecule has 0 aliphatic rings. The molecular weight excluding hydrogens is 581 g/mol. The maximum atomic E-state index is 2.36. The van der Waals surface area contributed by atoms with Crippen LogP contribution in [0, 0.1) is 0 Å². The Kier molecular flexibility index (Phi) is 13.6. The predicted octanol–water partition coefficient (Wildman–Crippen LogP) is 8.91. The van der Waals surface area contributed by atoms with Gasteiger partial charge in [-0.2, -0.15) is 0 Å². The molecule has 0 saturated heterocycles. The van der Waals surface area contributed by atoms with E-state index in [9.17, 15) is 0 Å². The summed E-state index contributed by atoms with van der Waals surface area (Å²) < 4.78 is 0. The van der Waals surface area contributed by atoms with Gasteiger partial charge in [0.1, 0.15) is 0 Å². The zero-order valence-electron chi connectivity index (χ0n) is 26.7. The molecule has 0 N–H and O–H groups in total. The van der Waals surface area contributed by atoms with Crippen molar-refractivity contribution in [3.8, 4) is 0 Å². The minimum absolute atomic E-state index is 0. The number of rotatable bonds is 4. The fraction of sp³-hybridized carbons (Fsp3) is 0.625. The molecule has 5 heteroatoms. The van der Waals surface area contributed by atoms with Crippen LogP contribution in [0.1, 0.15) is 83.1 Å². The topological polar surface area (TPSA) is 6.48 Å². The van der Waals surface area contributed by atoms with E-state index in [1.54, 1.807) is 0 Å². The second-order valence-corrected chi connectivity index (χ2v) is 21.9. The van der Waals surface area contributed by atoms with Gasteiger partial charge in [0.25, 0.3) is 0 Å². The van der Waals surface area contributed by atoms with E-state index in [0.717, 1.165) is 0 Å². The van der Waals surface area contributed by atoms with Crippen molar-refractivity contribution in [3.05, 3.63) is 48.5 Å². The van der Waals surface area contributed by atoms with E-state index in [0.29, 0.717) is 20.6 Å². The number of hydrogen-bond acceptors (Lipinski definition) is 2. The summed E-state index contributed by atoms with van der Waals surface area (Å²) in [6.45, 7) is 28.4. The molecule has 0 aromatic heterocycles. The molecule has 0 atom stereocenters. The molecule has 2 aromatic carbocycles. The van der Waals surface area contributed by atoms with Gasteiger partial charge in [0, 0.05) is 39.6 Å². The van der Waals surface area contributed by atoms with Crippen molar-refractivity contribution in [1.29, 1.82) is 0 Å². The van der Waals surface area contributed by atoms with Gasteiger partial charge >= 0.3 is 20.4 Å². The minimum atomic E-state index is -0.188. The van der Waals surface area contributed by atoms with E-state index in [2.05, 4.69) is 170 Å². The van der Waals surface area contributed by atoms with Gasteiger partial charge in [-0.05, 0) is 55.5 Å². The summed E-state index contributed by atoms with van der Waals surface area (Å²) >= 11 is 0. The van der Waals surface area contributed by atoms with Crippen LogP contribution in [0.4, 0.5) is 11.4 Å². The quantitative estimate of drug-likeness (QED) is 0.244. The van der Waals surface area contributed by atoms with Crippen molar-refractivity contribution in [2.45, 2.75) is 104 Å². The Labute approximate surface area is 247 Å². The summed E-state index contributed by atoms with van der Waals surface area (Å²) in [6.07, 6.45) is 0. The summed E-state index contributed by atoms with van der Waals surface area (Å²) in [7, 11) is 7.98. The molecule has 0 saturated carbocycles. The van der Waals surface area contributed by atoms with E-state index in [4.69, 9.17) is 0 Å². The molecule has 0 aliphatic heterocycles. The van der Waals surface area contributed by atoms with Gasteiger partial charge in [-0.25, -0.2) is 0 Å². The van der Waals surface area contributed by atoms with Crippen LogP contribution >= 0.6 is 15.8 Å². The van der Waals surface area contributed by atoms with E-state index in [-0.39, 0.29) is 36.3 Å². The largest absolute Gasteiger partial charge is 2.00 e. The van der Waals surface area contributed by atoms with Crippen LogP contribution in [0.15, 0.2) is 48.5 Å². The second-order valence-electron chi connectivity index (χ2n) is 14.2. The van der Waals surface area contributed by atoms with Gasteiger partial charge in [0.05, 0.1) is 0 Å². The molecule has 0 radical (unpaired) electrons. The molecule has 2 aromatic rings. The summed E-state index contributed by atoms with van der Waals surface area (Å²) in [5, 5.41) is 4.38. The van der Waals surface area contributed by atoms with Crippen molar-refractivity contribution in [1.82, 2.24) is 0 Å². The number of hydrogen-bond donors (Lipinski definition) is 0. The van der Waals surface area contributed by atoms with Crippen LogP contribution in [0.25, 0.3) is 0 Å². The van der Waals surface area contributed by atoms with E-state index in [1.165, 1.54) is 22.0 Å². The molecular formula is C32H56N2P2Pd+2. The van der Waals surface area contributed by atoms with Crippen LogP contribution < -0.4 is 20.4 Å². The molecule has 0 heterocycles. The van der Waals surface area contributed by atoms with Gasteiger partial charge in [0.15, 0.2) is 0 Å². The van der Waals surface area contributed by atoms with Crippen molar-refractivity contribution in [2.75, 3.05) is 38.0 Å². The van der Waals surface area contributed by atoms with Crippen molar-refractivity contribution < 1.29 is 20.4 Å². The molecule has 0 aliphatic carbocycles. The summed E-state index contributed by atoms with van der Waals surface area (Å²) in [4.78, 5) is 4.31. The molecule has 2 rings (SSSR count). The first-order valence-electron chi connectivity index (χ1n) is 13.2. The molecule has 37 heavy (non-hydrogen) atoms. The SMILES string of the molecule is CN(C)c1ccc(P(C(C)(C)C)C(C)(C)C)cc1.CN(C)c1ccc(P(C(C)(C)C)C(C)(C)C)cc1.[Pd+2]. The molecule has 0 unspecified atom stereocenters. The van der Waals surface area contributed by atoms with Crippen LogP contribution in [-0.4, -0.2) is 48.8 Å². The molecule has 0 spiro atoms. The van der Waals surface area contributed by atoms with Crippen LogP contribution in [0.2, 0.25) is 0 Å². The summed E-state index contributed by atoms with van der Waals surface area (Å²) in [5.41, 5.74) is 2.55. The standard InChI is InChI=1S/2C16H28NP.Pd/c2*1-15(2,3)18(16(4,5)6)14-11-9-13(10-12-14)17(7)8;/h2*9-12H,1-8H3;/q;;+2. The average molecular weight is 637 g/mol. The third-order valence-corrected chi connectivity index (χ3v) is 12.9. The van der Waals surface area contributed by atoms with Crippen LogP contribution in [0.3, 0.4) is 0 Å². The molecule has 0 fully saturated rings. The van der Waals surface area contributed by atoms with E-state index in [1.807, 2.05) is 0 Å². The monoisotopic (exact) mass is 636 g/mol. The smallest absolute Gasteiger partial charge is 0.378 e. The van der Waals surface area contributed by atoms with Gasteiger partial charge in [-0.1, -0.05) is 123 Å². The Hall–Kier alpha value is -0.438. The Bertz CT molecular complexity index is 816. The van der Waals surface area contributed by atoms with Crippen molar-refractivity contribution in [2.24, 2.45) is 0 Å². The minimum Gasteiger partial charge on any atom is -0.378 e. The maximum absolute atomic E-state index is 2.36. The van der Waals surface area contributed by atoms with Crippen molar-refractivity contribution in [3.63, 3.8) is 0 Å². The fourth-order valence-electron chi connectivity index (χ4n) is 5.36. The van der Waals surface area contributed by atoms with Gasteiger partial charge in [0.2, 0.25) is 0 Å². The molecule has 2 nitrogen and oxygen atoms in total. The van der Waals surface area contributed by atoms with Gasteiger partial charge < -0.3 is 9.80 Å². The molecule has 0 amide bonds. The van der Waals surface area contributed by atoms with E-state index < -0.39 is 0 Å². The third kappa shape index (κ3) is 11.3. The fourth-order valence-corrected chi connectivity index (χ4v) is 13.4. The zero-order chi connectivity index (χ0) is 28.3. The maximum Gasteiger partial charge on any atom is 2.00 e. The van der Waals surface area contributed by atoms with Gasteiger partial charge in [-0.3, -0.25) is 0 Å². The zero-order valence-corrected chi connectivity index (χ0v) is 30.1. The number of nitrogens with zero attached hydrogens (tertiary/aromatic N) is 2. The average Bonchev–Trinajstić information content (AvgIpc) is 2.65. The summed E-state index contributed by atoms with van der Waals surface area (Å²) in [6, 6.07) is 18.2. The predicted molar refractivity (Wildman–Crippen MR) is 174 cm³/mol. The normalized spacial score (nSPS) is 12.6. The summed E-state index contributed by atoms with van der Waals surface area (Å²) in [5.74, 6) is 0. The molecule has 0 bridgehead atoms. The van der Waals surface area contributed by atoms with Gasteiger partial charge in [-0.15, -0.1) is 0 Å². The second kappa shape index (κ2) is 13.8. The molecule has 212 valence electrons. The van der Waals surface area contributed by atoms with Crippen molar-refractivity contribution >= 4 is 37.8 Å². The van der Waals surface area contributed by atoms with Crippen LogP contribution in [-0.2, 0) is 20.4 Å². The first kappa shape index (κ1) is 36.6. The van der Waals surface area contributed by atoms with Crippen LogP contribution in [0.5, 0.6) is 0 Å². The Morgan fingerprint density at radius 2 is 0.595 bits per heavy atom. The first-order chi connectivity index (χ1) is 16.1. The number of benzene rings is 2. The Balaban J connectivity index is 0.000000682.